The number of ketones is 1. The van der Waals surface area contributed by atoms with E-state index in [1.165, 1.54) is 0 Å². The minimum Gasteiger partial charge on any atom is -0.330 e. The van der Waals surface area contributed by atoms with Crippen molar-refractivity contribution in [2.75, 3.05) is 6.54 Å². The summed E-state index contributed by atoms with van der Waals surface area (Å²) in [5, 5.41) is 0.428. The Morgan fingerprint density at radius 3 is 2.73 bits per heavy atom. The molecule has 0 saturated heterocycles. The Hall–Kier alpha value is -0.340. The van der Waals surface area contributed by atoms with E-state index >= 15 is 0 Å². The summed E-state index contributed by atoms with van der Waals surface area (Å²) in [5.74, 6) is 0.787. The van der Waals surface area contributed by atoms with Gasteiger partial charge in [-0.2, -0.15) is 0 Å². The summed E-state index contributed by atoms with van der Waals surface area (Å²) in [6.07, 6.45) is 1.25. The van der Waals surface area contributed by atoms with E-state index in [1.807, 2.05) is 0 Å². The van der Waals surface area contributed by atoms with E-state index in [1.54, 1.807) is 0 Å². The van der Waals surface area contributed by atoms with Gasteiger partial charge < -0.3 is 5.73 Å². The van der Waals surface area contributed by atoms with Gasteiger partial charge in [0.1, 0.15) is 5.78 Å². The fraction of sp³-hybridized carbons (Fsp3) is 0.625. The van der Waals surface area contributed by atoms with Gasteiger partial charge in [0, 0.05) is 17.4 Å². The lowest BCUT2D eigenvalue weighted by Gasteiger charge is -1.95. The molecule has 0 spiro atoms. The average molecular weight is 174 g/mol. The molecule has 62 valence electrons. The zero-order chi connectivity index (χ0) is 8.43. The van der Waals surface area contributed by atoms with Gasteiger partial charge in [0.2, 0.25) is 0 Å². The largest absolute Gasteiger partial charge is 0.330 e. The van der Waals surface area contributed by atoms with Crippen LogP contribution in [0.15, 0.2) is 11.6 Å². The predicted octanol–water partition coefficient (Wildman–Crippen LogP) is 1.29. The summed E-state index contributed by atoms with van der Waals surface area (Å²) in [6, 6.07) is 0. The number of rotatable bonds is 4. The SMILES string of the molecule is C=C(Cl)CC(=O)C1CC1CN. The average Bonchev–Trinajstić information content (AvgIpc) is 2.63. The van der Waals surface area contributed by atoms with Gasteiger partial charge >= 0.3 is 0 Å². The second kappa shape index (κ2) is 3.37. The maximum absolute atomic E-state index is 11.2. The summed E-state index contributed by atoms with van der Waals surface area (Å²) < 4.78 is 0. The molecule has 2 unspecified atom stereocenters. The molecule has 11 heavy (non-hydrogen) atoms. The van der Waals surface area contributed by atoms with Crippen molar-refractivity contribution in [2.45, 2.75) is 12.8 Å². The summed E-state index contributed by atoms with van der Waals surface area (Å²) in [4.78, 5) is 11.2. The molecule has 0 aromatic rings. The number of nitrogens with two attached hydrogens (primary N) is 1. The molecule has 1 saturated carbocycles. The minimum atomic E-state index is 0.176. The Bertz CT molecular complexity index is 191. The molecule has 0 heterocycles. The molecular weight excluding hydrogens is 162 g/mol. The number of carbonyl (C=O) groups excluding carboxylic acids is 1. The van der Waals surface area contributed by atoms with Crippen LogP contribution in [0.3, 0.4) is 0 Å². The highest BCUT2D eigenvalue weighted by Gasteiger charge is 2.40. The zero-order valence-corrected chi connectivity index (χ0v) is 7.10. The van der Waals surface area contributed by atoms with Crippen LogP contribution in [0.2, 0.25) is 0 Å². The van der Waals surface area contributed by atoms with Gasteiger partial charge in [-0.05, 0) is 18.9 Å². The molecule has 0 aromatic heterocycles. The minimum absolute atomic E-state index is 0.176. The fourth-order valence-corrected chi connectivity index (χ4v) is 1.35. The molecule has 0 aromatic carbocycles. The van der Waals surface area contributed by atoms with Crippen LogP contribution in [0.1, 0.15) is 12.8 Å². The van der Waals surface area contributed by atoms with Crippen LogP contribution >= 0.6 is 11.6 Å². The third kappa shape index (κ3) is 2.31. The van der Waals surface area contributed by atoms with Crippen LogP contribution in [0.4, 0.5) is 0 Å². The van der Waals surface area contributed by atoms with Crippen LogP contribution < -0.4 is 5.73 Å². The summed E-state index contributed by atoms with van der Waals surface area (Å²) in [6.45, 7) is 4.09. The van der Waals surface area contributed by atoms with Crippen molar-refractivity contribution in [3.8, 4) is 0 Å². The van der Waals surface area contributed by atoms with E-state index in [0.29, 0.717) is 23.9 Å². The van der Waals surface area contributed by atoms with Crippen molar-refractivity contribution >= 4 is 17.4 Å². The van der Waals surface area contributed by atoms with Gasteiger partial charge in [0.05, 0.1) is 0 Å². The first-order valence-electron chi connectivity index (χ1n) is 3.71. The molecule has 2 atom stereocenters. The van der Waals surface area contributed by atoms with Crippen LogP contribution in [0.5, 0.6) is 0 Å². The first kappa shape index (κ1) is 8.75. The standard InChI is InChI=1S/C8H12ClNO/c1-5(9)2-8(11)7-3-6(7)4-10/h6-7H,1-4,10H2. The Labute approximate surface area is 71.4 Å². The molecule has 0 amide bonds. The lowest BCUT2D eigenvalue weighted by Crippen LogP contribution is -2.08. The predicted molar refractivity (Wildman–Crippen MR) is 45.3 cm³/mol. The lowest BCUT2D eigenvalue weighted by atomic mass is 10.1. The summed E-state index contributed by atoms with van der Waals surface area (Å²) in [5.41, 5.74) is 5.39. The second-order valence-electron chi connectivity index (χ2n) is 3.00. The molecule has 0 radical (unpaired) electrons. The van der Waals surface area contributed by atoms with Crippen molar-refractivity contribution in [2.24, 2.45) is 17.6 Å². The zero-order valence-electron chi connectivity index (χ0n) is 6.35. The van der Waals surface area contributed by atoms with Crippen molar-refractivity contribution in [1.82, 2.24) is 0 Å². The van der Waals surface area contributed by atoms with Crippen molar-refractivity contribution in [3.05, 3.63) is 11.6 Å². The third-order valence-corrected chi connectivity index (χ3v) is 2.14. The maximum Gasteiger partial charge on any atom is 0.141 e. The third-order valence-electron chi connectivity index (χ3n) is 2.00. The Morgan fingerprint density at radius 2 is 2.36 bits per heavy atom. The van der Waals surface area contributed by atoms with E-state index in [4.69, 9.17) is 17.3 Å². The highest BCUT2D eigenvalue weighted by Crippen LogP contribution is 2.39. The van der Waals surface area contributed by atoms with Crippen molar-refractivity contribution in [1.29, 1.82) is 0 Å². The van der Waals surface area contributed by atoms with E-state index in [9.17, 15) is 4.79 Å². The molecule has 2 N–H and O–H groups in total. The topological polar surface area (TPSA) is 43.1 Å². The van der Waals surface area contributed by atoms with Crippen molar-refractivity contribution in [3.63, 3.8) is 0 Å². The number of carbonyl (C=O) groups is 1. The van der Waals surface area contributed by atoms with Gasteiger partial charge in [-0.3, -0.25) is 4.79 Å². The normalized spacial score (nSPS) is 28.2. The molecule has 3 heteroatoms. The molecule has 1 rings (SSSR count). The molecule has 0 bridgehead atoms. The van der Waals surface area contributed by atoms with Gasteiger partial charge in [0.15, 0.2) is 0 Å². The summed E-state index contributed by atoms with van der Waals surface area (Å²) in [7, 11) is 0. The van der Waals surface area contributed by atoms with Crippen LogP contribution in [-0.4, -0.2) is 12.3 Å². The van der Waals surface area contributed by atoms with Gasteiger partial charge in [-0.15, -0.1) is 0 Å². The van der Waals surface area contributed by atoms with Gasteiger partial charge in [-0.25, -0.2) is 0 Å². The molecule has 1 aliphatic rings. The number of halogens is 1. The Balaban J connectivity index is 2.28. The van der Waals surface area contributed by atoms with E-state index in [0.717, 1.165) is 6.42 Å². The highest BCUT2D eigenvalue weighted by atomic mass is 35.5. The Morgan fingerprint density at radius 1 is 1.73 bits per heavy atom. The number of Topliss-reactive ketones (excluding diaryl/α,β-unsaturated/α-hetero) is 1. The molecule has 2 nitrogen and oxygen atoms in total. The fourth-order valence-electron chi connectivity index (χ4n) is 1.22. The second-order valence-corrected chi connectivity index (χ2v) is 3.53. The maximum atomic E-state index is 11.2. The van der Waals surface area contributed by atoms with Crippen LogP contribution in [-0.2, 0) is 4.79 Å². The number of hydrogen-bond donors (Lipinski definition) is 1. The van der Waals surface area contributed by atoms with Crippen LogP contribution in [0.25, 0.3) is 0 Å². The number of allylic oxidation sites excluding steroid dienone is 1. The molecule has 1 aliphatic carbocycles. The molecule has 1 fully saturated rings. The van der Waals surface area contributed by atoms with Crippen molar-refractivity contribution < 1.29 is 4.79 Å². The van der Waals surface area contributed by atoms with E-state index < -0.39 is 0 Å². The van der Waals surface area contributed by atoms with E-state index in [2.05, 4.69) is 6.58 Å². The highest BCUT2D eigenvalue weighted by molar-refractivity contribution is 6.30. The first-order chi connectivity index (χ1) is 5.15. The summed E-state index contributed by atoms with van der Waals surface area (Å²) >= 11 is 5.49. The Kier molecular flexibility index (Phi) is 2.68. The van der Waals surface area contributed by atoms with Crippen LogP contribution in [0, 0.1) is 11.8 Å². The smallest absolute Gasteiger partial charge is 0.141 e. The molecular formula is C8H12ClNO. The van der Waals surface area contributed by atoms with Gasteiger partial charge in [-0.1, -0.05) is 18.2 Å². The van der Waals surface area contributed by atoms with Gasteiger partial charge in [0.25, 0.3) is 0 Å². The lowest BCUT2D eigenvalue weighted by molar-refractivity contribution is -0.119. The number of hydrogen-bond acceptors (Lipinski definition) is 2. The first-order valence-corrected chi connectivity index (χ1v) is 4.09. The molecule has 0 aliphatic heterocycles. The monoisotopic (exact) mass is 173 g/mol. The van der Waals surface area contributed by atoms with E-state index in [-0.39, 0.29) is 11.7 Å². The quantitative estimate of drug-likeness (QED) is 0.697.